The third-order valence-electron chi connectivity index (χ3n) is 2.43. The number of alkyl halides is 1. The van der Waals surface area contributed by atoms with Crippen molar-refractivity contribution < 1.29 is 4.74 Å². The molecule has 0 unspecified atom stereocenters. The van der Waals surface area contributed by atoms with Crippen molar-refractivity contribution in [2.45, 2.75) is 26.7 Å². The number of hydrogen-bond acceptors (Lipinski definition) is 1. The van der Waals surface area contributed by atoms with Gasteiger partial charge in [0.25, 0.3) is 0 Å². The van der Waals surface area contributed by atoms with E-state index in [1.807, 2.05) is 0 Å². The average Bonchev–Trinajstić information content (AvgIpc) is 2.18. The van der Waals surface area contributed by atoms with Gasteiger partial charge < -0.3 is 4.74 Å². The summed E-state index contributed by atoms with van der Waals surface area (Å²) in [7, 11) is 1.72. The summed E-state index contributed by atoms with van der Waals surface area (Å²) < 4.78 is 5.28. The first-order chi connectivity index (χ1) is 6.69. The maximum atomic E-state index is 5.28. The fraction of sp³-hybridized carbons (Fsp3) is 0.500. The van der Waals surface area contributed by atoms with Crippen LogP contribution in [0.25, 0.3) is 0 Å². The summed E-state index contributed by atoms with van der Waals surface area (Å²) in [5.74, 6) is 0.991. The molecule has 0 amide bonds. The Morgan fingerprint density at radius 1 is 1.21 bits per heavy atom. The molecule has 0 N–H and O–H groups in total. The third kappa shape index (κ3) is 2.74. The maximum absolute atomic E-state index is 5.28. The van der Waals surface area contributed by atoms with E-state index >= 15 is 0 Å². The zero-order chi connectivity index (χ0) is 10.6. The molecule has 0 saturated heterocycles. The van der Waals surface area contributed by atoms with E-state index in [0.717, 1.165) is 17.5 Å². The van der Waals surface area contributed by atoms with Gasteiger partial charge in [0.05, 0.1) is 7.11 Å². The second-order valence-corrected chi connectivity index (χ2v) is 4.33. The molecule has 0 spiro atoms. The Morgan fingerprint density at radius 3 is 2.50 bits per heavy atom. The van der Waals surface area contributed by atoms with Crippen LogP contribution in [-0.2, 0) is 6.42 Å². The lowest BCUT2D eigenvalue weighted by Crippen LogP contribution is -1.95. The zero-order valence-electron chi connectivity index (χ0n) is 9.06. The molecular weight excluding hydrogens is 240 g/mol. The topological polar surface area (TPSA) is 9.23 Å². The standard InChI is InChI=1S/C12H17BrO/c1-9-8-12(14-3)10(2)7-11(9)5-4-6-13/h7-8H,4-6H2,1-3H3. The Labute approximate surface area is 94.6 Å². The SMILES string of the molecule is COc1cc(C)c(CCCBr)cc1C. The van der Waals surface area contributed by atoms with E-state index in [9.17, 15) is 0 Å². The van der Waals surface area contributed by atoms with Crippen molar-refractivity contribution >= 4 is 15.9 Å². The lowest BCUT2D eigenvalue weighted by molar-refractivity contribution is 0.411. The van der Waals surface area contributed by atoms with E-state index in [2.05, 4.69) is 41.9 Å². The Balaban J connectivity index is 2.90. The quantitative estimate of drug-likeness (QED) is 0.748. The molecule has 0 saturated carbocycles. The molecule has 78 valence electrons. The van der Waals surface area contributed by atoms with Gasteiger partial charge in [-0.2, -0.15) is 0 Å². The Kier molecular flexibility index (Phi) is 4.46. The Bertz CT molecular complexity index is 307. The lowest BCUT2D eigenvalue weighted by Gasteiger charge is -2.10. The van der Waals surface area contributed by atoms with Crippen molar-refractivity contribution in [3.63, 3.8) is 0 Å². The molecule has 14 heavy (non-hydrogen) atoms. The summed E-state index contributed by atoms with van der Waals surface area (Å²) in [6.45, 7) is 4.24. The number of halogens is 1. The highest BCUT2D eigenvalue weighted by Gasteiger charge is 2.03. The number of methoxy groups -OCH3 is 1. The van der Waals surface area contributed by atoms with Crippen molar-refractivity contribution in [3.8, 4) is 5.75 Å². The number of rotatable bonds is 4. The van der Waals surface area contributed by atoms with E-state index in [1.165, 1.54) is 23.1 Å². The van der Waals surface area contributed by atoms with E-state index in [0.29, 0.717) is 0 Å². The van der Waals surface area contributed by atoms with Crippen LogP contribution in [0.4, 0.5) is 0 Å². The molecule has 0 radical (unpaired) electrons. The fourth-order valence-corrected chi connectivity index (χ4v) is 1.88. The molecule has 1 rings (SSSR count). The smallest absolute Gasteiger partial charge is 0.122 e. The van der Waals surface area contributed by atoms with E-state index in [4.69, 9.17) is 4.74 Å². The summed E-state index contributed by atoms with van der Waals surface area (Å²) in [4.78, 5) is 0. The van der Waals surface area contributed by atoms with E-state index in [1.54, 1.807) is 7.11 Å². The Morgan fingerprint density at radius 2 is 1.93 bits per heavy atom. The first kappa shape index (κ1) is 11.6. The van der Waals surface area contributed by atoms with E-state index < -0.39 is 0 Å². The predicted molar refractivity (Wildman–Crippen MR) is 64.6 cm³/mol. The van der Waals surface area contributed by atoms with Crippen molar-refractivity contribution in [2.75, 3.05) is 12.4 Å². The van der Waals surface area contributed by atoms with Crippen LogP contribution in [0.3, 0.4) is 0 Å². The Hall–Kier alpha value is -0.500. The largest absolute Gasteiger partial charge is 0.496 e. The number of benzene rings is 1. The monoisotopic (exact) mass is 256 g/mol. The molecule has 0 aliphatic heterocycles. The zero-order valence-corrected chi connectivity index (χ0v) is 10.6. The molecule has 1 aromatic carbocycles. The number of ether oxygens (including phenoxy) is 1. The summed E-state index contributed by atoms with van der Waals surface area (Å²) >= 11 is 3.45. The third-order valence-corrected chi connectivity index (χ3v) is 2.99. The summed E-state index contributed by atoms with van der Waals surface area (Å²) in [5.41, 5.74) is 3.99. The van der Waals surface area contributed by atoms with Crippen LogP contribution < -0.4 is 4.74 Å². The molecule has 1 nitrogen and oxygen atoms in total. The highest BCUT2D eigenvalue weighted by atomic mass is 79.9. The van der Waals surface area contributed by atoms with Gasteiger partial charge in [-0.15, -0.1) is 0 Å². The van der Waals surface area contributed by atoms with Gasteiger partial charge in [0.2, 0.25) is 0 Å². The van der Waals surface area contributed by atoms with E-state index in [-0.39, 0.29) is 0 Å². The first-order valence-corrected chi connectivity index (χ1v) is 6.01. The molecule has 0 heterocycles. The molecule has 0 atom stereocenters. The van der Waals surface area contributed by atoms with Gasteiger partial charge in [-0.1, -0.05) is 22.0 Å². The minimum Gasteiger partial charge on any atom is -0.496 e. The lowest BCUT2D eigenvalue weighted by atomic mass is 10.0. The summed E-state index contributed by atoms with van der Waals surface area (Å²) in [6, 6.07) is 4.36. The fourth-order valence-electron chi connectivity index (χ4n) is 1.60. The van der Waals surface area contributed by atoms with Crippen LogP contribution in [0.5, 0.6) is 5.75 Å². The van der Waals surface area contributed by atoms with Gasteiger partial charge in [-0.3, -0.25) is 0 Å². The molecular formula is C12H17BrO. The average molecular weight is 257 g/mol. The minimum absolute atomic E-state index is 0.991. The molecule has 0 aliphatic carbocycles. The van der Waals surface area contributed by atoms with Gasteiger partial charge in [0.15, 0.2) is 0 Å². The number of hydrogen-bond donors (Lipinski definition) is 0. The highest BCUT2D eigenvalue weighted by Crippen LogP contribution is 2.23. The van der Waals surface area contributed by atoms with Crippen molar-refractivity contribution in [2.24, 2.45) is 0 Å². The van der Waals surface area contributed by atoms with Crippen LogP contribution in [0.1, 0.15) is 23.1 Å². The van der Waals surface area contributed by atoms with Gasteiger partial charge >= 0.3 is 0 Å². The minimum atomic E-state index is 0.991. The highest BCUT2D eigenvalue weighted by molar-refractivity contribution is 9.09. The van der Waals surface area contributed by atoms with Gasteiger partial charge in [0.1, 0.15) is 5.75 Å². The molecule has 0 aliphatic rings. The number of aryl methyl sites for hydroxylation is 3. The van der Waals surface area contributed by atoms with Crippen molar-refractivity contribution in [3.05, 3.63) is 28.8 Å². The first-order valence-electron chi connectivity index (χ1n) is 4.89. The van der Waals surface area contributed by atoms with Crippen molar-refractivity contribution in [1.82, 2.24) is 0 Å². The maximum Gasteiger partial charge on any atom is 0.122 e. The second-order valence-electron chi connectivity index (χ2n) is 3.54. The van der Waals surface area contributed by atoms with Gasteiger partial charge in [-0.25, -0.2) is 0 Å². The van der Waals surface area contributed by atoms with Crippen molar-refractivity contribution in [1.29, 1.82) is 0 Å². The van der Waals surface area contributed by atoms with Gasteiger partial charge in [-0.05, 0) is 49.4 Å². The normalized spacial score (nSPS) is 10.3. The molecule has 0 aromatic heterocycles. The molecule has 2 heteroatoms. The predicted octanol–water partition coefficient (Wildman–Crippen LogP) is 3.64. The summed E-state index contributed by atoms with van der Waals surface area (Å²) in [5, 5.41) is 1.07. The van der Waals surface area contributed by atoms with Crippen LogP contribution in [0.15, 0.2) is 12.1 Å². The molecule has 0 bridgehead atoms. The van der Waals surface area contributed by atoms with Gasteiger partial charge in [0, 0.05) is 5.33 Å². The van der Waals surface area contributed by atoms with Crippen LogP contribution >= 0.6 is 15.9 Å². The van der Waals surface area contributed by atoms with Crippen LogP contribution in [0, 0.1) is 13.8 Å². The molecule has 1 aromatic rings. The van der Waals surface area contributed by atoms with Crippen LogP contribution in [-0.4, -0.2) is 12.4 Å². The summed E-state index contributed by atoms with van der Waals surface area (Å²) in [6.07, 6.45) is 2.33. The second kappa shape index (κ2) is 5.40. The molecule has 0 fully saturated rings. The van der Waals surface area contributed by atoms with Crippen LogP contribution in [0.2, 0.25) is 0 Å².